The monoisotopic (exact) mass is 684 g/mol. The summed E-state index contributed by atoms with van der Waals surface area (Å²) >= 11 is 0.995. The lowest BCUT2D eigenvalue weighted by Gasteiger charge is -2.33. The zero-order valence-corrected chi connectivity index (χ0v) is 28.6. The van der Waals surface area contributed by atoms with Gasteiger partial charge in [0.15, 0.2) is 0 Å². The van der Waals surface area contributed by atoms with Gasteiger partial charge < -0.3 is 29.7 Å². The molecule has 2 saturated heterocycles. The summed E-state index contributed by atoms with van der Waals surface area (Å²) in [5.74, 6) is -0.173. The number of carbonyl (C=O) groups is 1. The van der Waals surface area contributed by atoms with E-state index in [1.54, 1.807) is 37.3 Å². The highest BCUT2D eigenvalue weighted by Gasteiger charge is 2.40. The number of anilines is 2. The quantitative estimate of drug-likeness (QED) is 0.238. The third kappa shape index (κ3) is 6.13. The average Bonchev–Trinajstić information content (AvgIpc) is 3.80. The average molecular weight is 685 g/mol. The van der Waals surface area contributed by atoms with Gasteiger partial charge in [-0.15, -0.1) is 11.3 Å². The van der Waals surface area contributed by atoms with Gasteiger partial charge in [0.2, 0.25) is 5.91 Å². The molecule has 2 fully saturated rings. The van der Waals surface area contributed by atoms with E-state index in [1.165, 1.54) is 12.1 Å². The van der Waals surface area contributed by atoms with Crippen LogP contribution in [0, 0.1) is 28.5 Å². The number of ether oxygens (including phenoxy) is 3. The van der Waals surface area contributed by atoms with Crippen molar-refractivity contribution in [1.29, 1.82) is 10.5 Å². The second-order valence-corrected chi connectivity index (χ2v) is 13.4. The number of rotatable bonds is 10. The molecule has 12 nitrogen and oxygen atoms in total. The number of nitrogens with zero attached hydrogens (tertiary/aromatic N) is 7. The van der Waals surface area contributed by atoms with Gasteiger partial charge in [0.1, 0.15) is 29.3 Å². The van der Waals surface area contributed by atoms with Crippen LogP contribution in [-0.4, -0.2) is 105 Å². The number of nitriles is 2. The molecule has 2 aromatic carbocycles. The van der Waals surface area contributed by atoms with Crippen LogP contribution in [0.15, 0.2) is 36.9 Å². The molecule has 2 aliphatic rings. The van der Waals surface area contributed by atoms with E-state index >= 15 is 0 Å². The fraction of sp³-hybridized carbons (Fsp3) is 0.400. The third-order valence-electron chi connectivity index (χ3n) is 9.66. The van der Waals surface area contributed by atoms with Crippen molar-refractivity contribution < 1.29 is 23.4 Å². The summed E-state index contributed by atoms with van der Waals surface area (Å²) < 4.78 is 32.6. The van der Waals surface area contributed by atoms with Crippen molar-refractivity contribution in [3.8, 4) is 29.3 Å². The van der Waals surface area contributed by atoms with E-state index in [4.69, 9.17) is 29.9 Å². The largest absolute Gasteiger partial charge is 0.462 e. The number of likely N-dealkylation sites (tertiary alicyclic amines) is 2. The second kappa shape index (κ2) is 13.9. The molecule has 0 spiro atoms. The van der Waals surface area contributed by atoms with Crippen LogP contribution in [0.2, 0.25) is 0 Å². The summed E-state index contributed by atoms with van der Waals surface area (Å²) in [5, 5.41) is 21.5. The molecule has 2 unspecified atom stereocenters. The molecule has 4 aromatic rings. The lowest BCUT2D eigenvalue weighted by atomic mass is 9.94. The van der Waals surface area contributed by atoms with Crippen LogP contribution in [0.3, 0.4) is 0 Å². The number of carbonyl (C=O) groups excluding carboxylic acids is 1. The third-order valence-corrected chi connectivity index (χ3v) is 10.7. The Bertz CT molecular complexity index is 2020. The highest BCUT2D eigenvalue weighted by atomic mass is 32.1. The van der Waals surface area contributed by atoms with Crippen molar-refractivity contribution in [2.45, 2.75) is 37.1 Å². The fourth-order valence-corrected chi connectivity index (χ4v) is 8.04. The van der Waals surface area contributed by atoms with Crippen molar-refractivity contribution in [3.05, 3.63) is 53.9 Å². The maximum atomic E-state index is 15.0. The van der Waals surface area contributed by atoms with Crippen LogP contribution in [0.1, 0.15) is 24.0 Å². The van der Waals surface area contributed by atoms with Crippen LogP contribution < -0.4 is 15.4 Å². The lowest BCUT2D eigenvalue weighted by molar-refractivity contribution is -0.127. The minimum Gasteiger partial charge on any atom is -0.462 e. The zero-order chi connectivity index (χ0) is 35.0. The second-order valence-electron chi connectivity index (χ2n) is 12.3. The van der Waals surface area contributed by atoms with E-state index in [1.807, 2.05) is 19.0 Å². The molecule has 2 aliphatic heterocycles. The van der Waals surface area contributed by atoms with E-state index in [9.17, 15) is 19.7 Å². The Hall–Kier alpha value is -4.86. The van der Waals surface area contributed by atoms with Crippen LogP contribution in [0.4, 0.5) is 15.2 Å². The summed E-state index contributed by atoms with van der Waals surface area (Å²) in [6.07, 6.45) is 2.84. The number of nitrogens with two attached hydrogens (primary N) is 1. The number of aromatic nitrogens is 2. The normalized spacial score (nSPS) is 20.8. The summed E-state index contributed by atoms with van der Waals surface area (Å²) in [4.78, 5) is 28.4. The Labute approximate surface area is 287 Å². The minimum absolute atomic E-state index is 0.0855. The van der Waals surface area contributed by atoms with E-state index in [-0.39, 0.29) is 57.0 Å². The number of fused-ring (bicyclic) bond motifs is 2. The van der Waals surface area contributed by atoms with Crippen LogP contribution in [-0.2, 0) is 14.3 Å². The topological polar surface area (TPSA) is 154 Å². The molecule has 0 aliphatic carbocycles. The fourth-order valence-electron chi connectivity index (χ4n) is 7.09. The number of amides is 1. The van der Waals surface area contributed by atoms with Gasteiger partial charge in [-0.3, -0.25) is 9.69 Å². The van der Waals surface area contributed by atoms with Crippen molar-refractivity contribution in [2.24, 2.45) is 0 Å². The predicted molar refractivity (Wildman–Crippen MR) is 186 cm³/mol. The zero-order valence-electron chi connectivity index (χ0n) is 27.8. The minimum atomic E-state index is -0.503. The molecule has 0 bridgehead atoms. The predicted octanol–water partition coefficient (Wildman–Crippen LogP) is 4.31. The van der Waals surface area contributed by atoms with E-state index in [2.05, 4.69) is 23.6 Å². The maximum Gasteiger partial charge on any atom is 0.319 e. The van der Waals surface area contributed by atoms with Gasteiger partial charge >= 0.3 is 6.01 Å². The molecule has 4 heterocycles. The summed E-state index contributed by atoms with van der Waals surface area (Å²) in [5.41, 5.74) is 8.00. The van der Waals surface area contributed by atoms with Gasteiger partial charge in [-0.2, -0.15) is 20.5 Å². The summed E-state index contributed by atoms with van der Waals surface area (Å²) in [7, 11) is 7.21. The number of likely N-dealkylation sites (N-methyl/N-ethyl adjacent to an activating group) is 2. The number of thiophene rings is 1. The van der Waals surface area contributed by atoms with Crippen molar-refractivity contribution in [1.82, 2.24) is 19.8 Å². The number of methoxy groups -OCH3 is 2. The van der Waals surface area contributed by atoms with Crippen LogP contribution >= 0.6 is 11.3 Å². The Morgan fingerprint density at radius 1 is 1.22 bits per heavy atom. The van der Waals surface area contributed by atoms with Gasteiger partial charge in [0.05, 0.1) is 52.2 Å². The standard InChI is InChI=1S/C35H37FN8O4S/c1-6-30(45)44-10-9-28(29(44)18-46-4)43(3)34-24-11-19(14-37)23(22-7-8-26(36)32-31(22)25(15-38)33(39)49-32)13-27(24)40-35(41-34)48-17-20-12-21(47-5)16-42(20)2/h6-8,11,13,20-21,28-29H,1,9-10,12,16-18,39H2,2-5H3/t20-,21+,28?,29?/m0/s1. The molecule has 0 radical (unpaired) electrons. The summed E-state index contributed by atoms with van der Waals surface area (Å²) in [6, 6.07) is 10.5. The van der Waals surface area contributed by atoms with Crippen molar-refractivity contribution in [2.75, 3.05) is 65.3 Å². The first-order valence-electron chi connectivity index (χ1n) is 15.8. The smallest absolute Gasteiger partial charge is 0.319 e. The first-order chi connectivity index (χ1) is 23.6. The van der Waals surface area contributed by atoms with Gasteiger partial charge in [0, 0.05) is 56.7 Å². The number of halogens is 1. The highest BCUT2D eigenvalue weighted by molar-refractivity contribution is 7.23. The number of hydrogen-bond acceptors (Lipinski definition) is 12. The van der Waals surface area contributed by atoms with E-state index < -0.39 is 5.82 Å². The summed E-state index contributed by atoms with van der Waals surface area (Å²) in [6.45, 7) is 5.58. The molecular weight excluding hydrogens is 648 g/mol. The van der Waals surface area contributed by atoms with Gasteiger partial charge in [-0.05, 0) is 49.7 Å². The first-order valence-corrected chi connectivity index (χ1v) is 16.6. The van der Waals surface area contributed by atoms with Gasteiger partial charge in [0.25, 0.3) is 0 Å². The Morgan fingerprint density at radius 3 is 2.69 bits per heavy atom. The molecule has 6 rings (SSSR count). The molecular formula is C35H37FN8O4S. The van der Waals surface area contributed by atoms with Gasteiger partial charge in [-0.25, -0.2) is 4.39 Å². The molecule has 254 valence electrons. The van der Waals surface area contributed by atoms with Crippen molar-refractivity contribution in [3.63, 3.8) is 0 Å². The van der Waals surface area contributed by atoms with Crippen LogP contribution in [0.25, 0.3) is 32.1 Å². The van der Waals surface area contributed by atoms with E-state index in [0.717, 1.165) is 24.3 Å². The number of benzene rings is 2. The Balaban J connectivity index is 1.50. The van der Waals surface area contributed by atoms with E-state index in [0.29, 0.717) is 59.4 Å². The number of hydrogen-bond donors (Lipinski definition) is 1. The molecule has 2 aromatic heterocycles. The van der Waals surface area contributed by atoms with Crippen LogP contribution in [0.5, 0.6) is 6.01 Å². The maximum absolute atomic E-state index is 15.0. The molecule has 0 saturated carbocycles. The lowest BCUT2D eigenvalue weighted by Crippen LogP contribution is -2.48. The molecule has 4 atom stereocenters. The highest BCUT2D eigenvalue weighted by Crippen LogP contribution is 2.43. The molecule has 2 N–H and O–H groups in total. The first kappa shape index (κ1) is 34.0. The molecule has 14 heteroatoms. The molecule has 1 amide bonds. The molecule has 49 heavy (non-hydrogen) atoms. The number of nitrogen functional groups attached to an aromatic ring is 1. The SMILES string of the molecule is C=CC(=O)N1CCC(N(C)c2nc(OC[C@@H]3C[C@@H](OC)CN3C)nc3cc(-c4ccc(F)c5sc(N)c(C#N)c45)c(C#N)cc23)C1COC. The Morgan fingerprint density at radius 2 is 2.02 bits per heavy atom. The van der Waals surface area contributed by atoms with Crippen molar-refractivity contribution >= 4 is 49.1 Å². The Kier molecular flexibility index (Phi) is 9.68. The van der Waals surface area contributed by atoms with Gasteiger partial charge in [-0.1, -0.05) is 12.6 Å².